The number of carbonyl (C=O) groups is 1. The second-order valence-electron chi connectivity index (χ2n) is 3.22. The van der Waals surface area contributed by atoms with Crippen molar-refractivity contribution in [1.82, 2.24) is 0 Å². The molecule has 0 aliphatic rings. The summed E-state index contributed by atoms with van der Waals surface area (Å²) in [5.74, 6) is -1.44. The van der Waals surface area contributed by atoms with Gasteiger partial charge in [-0.3, -0.25) is 14.9 Å². The number of rotatable bonds is 4. The molecule has 1 atom stereocenters. The first-order valence-corrected chi connectivity index (χ1v) is 4.36. The highest BCUT2D eigenvalue weighted by Crippen LogP contribution is 2.23. The predicted octanol–water partition coefficient (Wildman–Crippen LogP) is 0.255. The van der Waals surface area contributed by atoms with Crippen molar-refractivity contribution in [3.05, 3.63) is 33.9 Å². The van der Waals surface area contributed by atoms with Crippen molar-refractivity contribution in [2.75, 3.05) is 0 Å². The van der Waals surface area contributed by atoms with E-state index in [1.165, 1.54) is 0 Å². The van der Waals surface area contributed by atoms with Crippen LogP contribution in [0.15, 0.2) is 18.2 Å². The summed E-state index contributed by atoms with van der Waals surface area (Å²) in [6.45, 7) is 0. The molecule has 0 aliphatic carbocycles. The summed E-state index contributed by atoms with van der Waals surface area (Å²) in [7, 11) is 0. The van der Waals surface area contributed by atoms with Crippen molar-refractivity contribution in [3.8, 4) is 5.75 Å². The Bertz CT molecular complexity index is 432. The van der Waals surface area contributed by atoms with Crippen LogP contribution in [0.5, 0.6) is 5.75 Å². The third-order valence-corrected chi connectivity index (χ3v) is 2.03. The number of hydrogen-bond donors (Lipinski definition) is 3. The number of aliphatic carboxylic acids is 1. The summed E-state index contributed by atoms with van der Waals surface area (Å²) in [6.07, 6.45) is -0.164. The normalized spacial score (nSPS) is 12.1. The number of nitrogens with zero attached hydrogens (tertiary/aromatic N) is 1. The quantitative estimate of drug-likeness (QED) is 0.499. The lowest BCUT2D eigenvalue weighted by molar-refractivity contribution is -0.384. The first-order chi connectivity index (χ1) is 7.41. The Morgan fingerprint density at radius 1 is 1.56 bits per heavy atom. The molecule has 0 amide bonds. The predicted molar refractivity (Wildman–Crippen MR) is 54.1 cm³/mol. The molecule has 7 nitrogen and oxygen atoms in total. The third-order valence-electron chi connectivity index (χ3n) is 2.03. The molecule has 0 aliphatic heterocycles. The van der Waals surface area contributed by atoms with Gasteiger partial charge in [-0.25, -0.2) is 0 Å². The largest absolute Gasteiger partial charge is 0.508 e. The average Bonchev–Trinajstić information content (AvgIpc) is 2.20. The monoisotopic (exact) mass is 226 g/mol. The third kappa shape index (κ3) is 2.67. The molecule has 0 heterocycles. The van der Waals surface area contributed by atoms with E-state index in [4.69, 9.17) is 10.8 Å². The van der Waals surface area contributed by atoms with Crippen LogP contribution in [-0.2, 0) is 11.2 Å². The topological polar surface area (TPSA) is 127 Å². The molecule has 0 fully saturated rings. The van der Waals surface area contributed by atoms with Crippen molar-refractivity contribution < 1.29 is 19.9 Å². The summed E-state index contributed by atoms with van der Waals surface area (Å²) in [5.41, 5.74) is 5.19. The molecule has 86 valence electrons. The van der Waals surface area contributed by atoms with Gasteiger partial charge in [-0.15, -0.1) is 0 Å². The highest BCUT2D eigenvalue weighted by Gasteiger charge is 2.17. The first kappa shape index (κ1) is 11.9. The lowest BCUT2D eigenvalue weighted by Gasteiger charge is -2.07. The highest BCUT2D eigenvalue weighted by molar-refractivity contribution is 5.73. The minimum absolute atomic E-state index is 0.143. The Hall–Kier alpha value is -2.15. The molecule has 1 aromatic rings. The minimum Gasteiger partial charge on any atom is -0.508 e. The van der Waals surface area contributed by atoms with Gasteiger partial charge in [-0.05, 0) is 6.07 Å². The van der Waals surface area contributed by atoms with Gasteiger partial charge in [0.1, 0.15) is 11.8 Å². The van der Waals surface area contributed by atoms with E-state index in [0.717, 1.165) is 18.2 Å². The lowest BCUT2D eigenvalue weighted by atomic mass is 10.0. The van der Waals surface area contributed by atoms with E-state index in [2.05, 4.69) is 0 Å². The number of benzene rings is 1. The van der Waals surface area contributed by atoms with Gasteiger partial charge in [0.25, 0.3) is 5.69 Å². The van der Waals surface area contributed by atoms with Crippen LogP contribution in [0.2, 0.25) is 0 Å². The fraction of sp³-hybridized carbons (Fsp3) is 0.222. The Morgan fingerprint density at radius 2 is 2.19 bits per heavy atom. The molecule has 0 saturated heterocycles. The molecule has 0 unspecified atom stereocenters. The molecule has 7 heteroatoms. The van der Waals surface area contributed by atoms with Crippen LogP contribution in [0, 0.1) is 10.1 Å². The minimum atomic E-state index is -1.23. The number of phenols is 1. The number of carboxylic acid groups (broad SMARTS) is 1. The second kappa shape index (κ2) is 4.58. The van der Waals surface area contributed by atoms with Gasteiger partial charge in [0.2, 0.25) is 0 Å². The van der Waals surface area contributed by atoms with Crippen LogP contribution in [0.4, 0.5) is 5.69 Å². The highest BCUT2D eigenvalue weighted by atomic mass is 16.6. The van der Waals surface area contributed by atoms with Gasteiger partial charge in [0, 0.05) is 24.1 Å². The Kier molecular flexibility index (Phi) is 3.41. The van der Waals surface area contributed by atoms with Crippen molar-refractivity contribution >= 4 is 11.7 Å². The molecule has 0 radical (unpaired) electrons. The van der Waals surface area contributed by atoms with E-state index in [9.17, 15) is 20.0 Å². The van der Waals surface area contributed by atoms with Crippen LogP contribution in [0.25, 0.3) is 0 Å². The molecule has 0 aromatic heterocycles. The standard InChI is InChI=1S/C9H10N2O5/c10-7(9(13)14)4-5-3-6(11(15)16)1-2-8(5)12/h1-3,7,12H,4,10H2,(H,13,14)/t7-/m1/s1. The van der Waals surface area contributed by atoms with Gasteiger partial charge in [-0.1, -0.05) is 0 Å². The maximum absolute atomic E-state index is 10.5. The Morgan fingerprint density at radius 3 is 2.69 bits per heavy atom. The number of nitro groups is 1. The van der Waals surface area contributed by atoms with Crippen LogP contribution in [0.1, 0.15) is 5.56 Å². The van der Waals surface area contributed by atoms with E-state index >= 15 is 0 Å². The lowest BCUT2D eigenvalue weighted by Crippen LogP contribution is -2.32. The van der Waals surface area contributed by atoms with Crippen molar-refractivity contribution in [2.24, 2.45) is 5.73 Å². The maximum Gasteiger partial charge on any atom is 0.320 e. The number of phenolic OH excluding ortho intramolecular Hbond substituents is 1. The molecule has 0 spiro atoms. The van der Waals surface area contributed by atoms with Gasteiger partial charge in [0.05, 0.1) is 4.92 Å². The summed E-state index contributed by atoms with van der Waals surface area (Å²) >= 11 is 0. The first-order valence-electron chi connectivity index (χ1n) is 4.36. The maximum atomic E-state index is 10.5. The zero-order valence-corrected chi connectivity index (χ0v) is 8.16. The average molecular weight is 226 g/mol. The van der Waals surface area contributed by atoms with E-state index in [-0.39, 0.29) is 23.4 Å². The Labute approximate surface area is 90.3 Å². The number of nitrogens with two attached hydrogens (primary N) is 1. The van der Waals surface area contributed by atoms with Crippen LogP contribution in [0.3, 0.4) is 0 Å². The molecule has 4 N–H and O–H groups in total. The van der Waals surface area contributed by atoms with Crippen LogP contribution >= 0.6 is 0 Å². The second-order valence-corrected chi connectivity index (χ2v) is 3.22. The van der Waals surface area contributed by atoms with E-state index in [0.29, 0.717) is 0 Å². The number of aromatic hydroxyl groups is 1. The Balaban J connectivity index is 2.98. The van der Waals surface area contributed by atoms with Gasteiger partial charge < -0.3 is 15.9 Å². The zero-order chi connectivity index (χ0) is 12.3. The summed E-state index contributed by atoms with van der Waals surface area (Å²) in [4.78, 5) is 20.3. The van der Waals surface area contributed by atoms with Crippen molar-refractivity contribution in [2.45, 2.75) is 12.5 Å². The van der Waals surface area contributed by atoms with Crippen molar-refractivity contribution in [1.29, 1.82) is 0 Å². The summed E-state index contributed by atoms with van der Waals surface area (Å²) < 4.78 is 0. The van der Waals surface area contributed by atoms with Crippen molar-refractivity contribution in [3.63, 3.8) is 0 Å². The molecule has 1 aromatic carbocycles. The number of non-ortho nitro benzene ring substituents is 1. The summed E-state index contributed by atoms with van der Waals surface area (Å²) in [6, 6.07) is 2.18. The molecular weight excluding hydrogens is 216 g/mol. The summed E-state index contributed by atoms with van der Waals surface area (Å²) in [5, 5.41) is 28.4. The van der Waals surface area contributed by atoms with E-state index in [1.54, 1.807) is 0 Å². The zero-order valence-electron chi connectivity index (χ0n) is 8.16. The van der Waals surface area contributed by atoms with Crippen LogP contribution < -0.4 is 5.73 Å². The van der Waals surface area contributed by atoms with E-state index in [1.807, 2.05) is 0 Å². The fourth-order valence-corrected chi connectivity index (χ4v) is 1.17. The molecule has 0 saturated carbocycles. The SMILES string of the molecule is N[C@H](Cc1cc([N+](=O)[O-])ccc1O)C(=O)O. The van der Waals surface area contributed by atoms with Gasteiger partial charge >= 0.3 is 5.97 Å². The number of carboxylic acids is 1. The molecular formula is C9H10N2O5. The van der Waals surface area contributed by atoms with E-state index < -0.39 is 16.9 Å². The molecule has 0 bridgehead atoms. The molecule has 16 heavy (non-hydrogen) atoms. The van der Waals surface area contributed by atoms with Gasteiger partial charge in [0.15, 0.2) is 0 Å². The number of nitro benzene ring substituents is 1. The van der Waals surface area contributed by atoms with Crippen LogP contribution in [-0.4, -0.2) is 27.1 Å². The number of hydrogen-bond acceptors (Lipinski definition) is 5. The fourth-order valence-electron chi connectivity index (χ4n) is 1.17. The smallest absolute Gasteiger partial charge is 0.320 e. The van der Waals surface area contributed by atoms with Gasteiger partial charge in [-0.2, -0.15) is 0 Å². The molecule has 1 rings (SSSR count).